The fourth-order valence-electron chi connectivity index (χ4n) is 2.70. The lowest BCUT2D eigenvalue weighted by molar-refractivity contribution is 0.0170. The van der Waals surface area contributed by atoms with Gasteiger partial charge in [-0.05, 0) is 39.0 Å². The smallest absolute Gasteiger partial charge is 0.193 e. The maximum absolute atomic E-state index is 5.66. The van der Waals surface area contributed by atoms with Crippen molar-refractivity contribution >= 4 is 5.96 Å². The van der Waals surface area contributed by atoms with Crippen molar-refractivity contribution in [2.45, 2.75) is 45.1 Å². The van der Waals surface area contributed by atoms with E-state index >= 15 is 0 Å². The third-order valence-electron chi connectivity index (χ3n) is 3.78. The van der Waals surface area contributed by atoms with Crippen LogP contribution in [0.4, 0.5) is 0 Å². The molecule has 2 heterocycles. The van der Waals surface area contributed by atoms with E-state index in [2.05, 4.69) is 22.1 Å². The number of hydrogen-bond acceptors (Lipinski definition) is 3. The van der Waals surface area contributed by atoms with E-state index < -0.39 is 0 Å². The SMILES string of the molecule is CCNC(=NCCCOCC1CCCO1)N1CCCC1. The molecule has 2 rings (SSSR count). The molecule has 1 N–H and O–H groups in total. The molecule has 0 aromatic carbocycles. The van der Waals surface area contributed by atoms with Crippen LogP contribution in [0.5, 0.6) is 0 Å². The highest BCUT2D eigenvalue weighted by Gasteiger charge is 2.16. The van der Waals surface area contributed by atoms with Gasteiger partial charge in [-0.3, -0.25) is 4.99 Å². The number of ether oxygens (including phenoxy) is 2. The average molecular weight is 283 g/mol. The van der Waals surface area contributed by atoms with Crippen LogP contribution in [0.2, 0.25) is 0 Å². The van der Waals surface area contributed by atoms with Crippen LogP contribution in [0.1, 0.15) is 39.0 Å². The molecular formula is C15H29N3O2. The van der Waals surface area contributed by atoms with E-state index in [0.717, 1.165) is 64.8 Å². The molecule has 1 unspecified atom stereocenters. The number of likely N-dealkylation sites (tertiary alicyclic amines) is 1. The Kier molecular flexibility index (Phi) is 7.15. The number of nitrogens with zero attached hydrogens (tertiary/aromatic N) is 2. The van der Waals surface area contributed by atoms with Gasteiger partial charge in [0.25, 0.3) is 0 Å². The van der Waals surface area contributed by atoms with Gasteiger partial charge >= 0.3 is 0 Å². The summed E-state index contributed by atoms with van der Waals surface area (Å²) in [5.41, 5.74) is 0. The first-order valence-electron chi connectivity index (χ1n) is 8.12. The summed E-state index contributed by atoms with van der Waals surface area (Å²) in [5.74, 6) is 1.07. The van der Waals surface area contributed by atoms with Gasteiger partial charge in [-0.2, -0.15) is 0 Å². The Labute approximate surface area is 122 Å². The van der Waals surface area contributed by atoms with Crippen molar-refractivity contribution in [3.8, 4) is 0 Å². The summed E-state index contributed by atoms with van der Waals surface area (Å²) in [4.78, 5) is 7.04. The minimum Gasteiger partial charge on any atom is -0.379 e. The minimum absolute atomic E-state index is 0.334. The summed E-state index contributed by atoms with van der Waals surface area (Å²) >= 11 is 0. The first kappa shape index (κ1) is 15.6. The van der Waals surface area contributed by atoms with Crippen molar-refractivity contribution in [1.29, 1.82) is 0 Å². The Morgan fingerprint density at radius 3 is 2.90 bits per heavy atom. The van der Waals surface area contributed by atoms with E-state index in [9.17, 15) is 0 Å². The fraction of sp³-hybridized carbons (Fsp3) is 0.933. The summed E-state index contributed by atoms with van der Waals surface area (Å²) in [7, 11) is 0. The molecular weight excluding hydrogens is 254 g/mol. The van der Waals surface area contributed by atoms with E-state index in [1.165, 1.54) is 19.3 Å². The Bertz CT molecular complexity index is 285. The summed E-state index contributed by atoms with van der Waals surface area (Å²) in [6.07, 6.45) is 6.22. The molecule has 0 aliphatic carbocycles. The molecule has 5 heteroatoms. The topological polar surface area (TPSA) is 46.1 Å². The lowest BCUT2D eigenvalue weighted by Crippen LogP contribution is -2.39. The summed E-state index contributed by atoms with van der Waals surface area (Å²) in [6, 6.07) is 0. The number of hydrogen-bond donors (Lipinski definition) is 1. The van der Waals surface area contributed by atoms with Gasteiger partial charge in [0.15, 0.2) is 5.96 Å². The summed E-state index contributed by atoms with van der Waals surface area (Å²) in [6.45, 7) is 8.60. The second kappa shape index (κ2) is 9.19. The lowest BCUT2D eigenvalue weighted by Gasteiger charge is -2.20. The molecule has 2 fully saturated rings. The first-order chi connectivity index (χ1) is 9.90. The molecule has 2 aliphatic heterocycles. The van der Waals surface area contributed by atoms with Crippen molar-refractivity contribution in [2.24, 2.45) is 4.99 Å². The van der Waals surface area contributed by atoms with E-state index in [4.69, 9.17) is 9.47 Å². The molecule has 0 spiro atoms. The monoisotopic (exact) mass is 283 g/mol. The predicted molar refractivity (Wildman–Crippen MR) is 81.2 cm³/mol. The Morgan fingerprint density at radius 1 is 1.35 bits per heavy atom. The standard InChI is InChI=1S/C15H29N3O2/c1-2-16-15(18-9-3-4-10-18)17-8-6-11-19-13-14-7-5-12-20-14/h14H,2-13H2,1H3,(H,16,17). The Morgan fingerprint density at radius 2 is 2.20 bits per heavy atom. The zero-order chi connectivity index (χ0) is 14.0. The molecule has 1 atom stereocenters. The van der Waals surface area contributed by atoms with Crippen LogP contribution in [-0.4, -0.2) is 63.0 Å². The van der Waals surface area contributed by atoms with Crippen LogP contribution in [0.25, 0.3) is 0 Å². The van der Waals surface area contributed by atoms with Crippen molar-refractivity contribution in [3.63, 3.8) is 0 Å². The summed E-state index contributed by atoms with van der Waals surface area (Å²) < 4.78 is 11.2. The Balaban J connectivity index is 1.57. The maximum atomic E-state index is 5.66. The third-order valence-corrected chi connectivity index (χ3v) is 3.78. The third kappa shape index (κ3) is 5.29. The van der Waals surface area contributed by atoms with E-state index in [-0.39, 0.29) is 0 Å². The zero-order valence-corrected chi connectivity index (χ0v) is 12.8. The number of rotatable bonds is 7. The highest BCUT2D eigenvalue weighted by atomic mass is 16.5. The van der Waals surface area contributed by atoms with Gasteiger partial charge in [0, 0.05) is 39.4 Å². The van der Waals surface area contributed by atoms with Gasteiger partial charge < -0.3 is 19.7 Å². The quantitative estimate of drug-likeness (QED) is 0.438. The molecule has 116 valence electrons. The average Bonchev–Trinajstić information content (AvgIpc) is 3.13. The van der Waals surface area contributed by atoms with Gasteiger partial charge in [-0.25, -0.2) is 0 Å². The molecule has 0 radical (unpaired) electrons. The van der Waals surface area contributed by atoms with Crippen LogP contribution in [0.3, 0.4) is 0 Å². The molecule has 0 bridgehead atoms. The van der Waals surface area contributed by atoms with Gasteiger partial charge in [0.2, 0.25) is 0 Å². The second-order valence-electron chi connectivity index (χ2n) is 5.49. The number of nitrogens with one attached hydrogen (secondary N) is 1. The van der Waals surface area contributed by atoms with Crippen molar-refractivity contribution in [2.75, 3.05) is 46.0 Å². The van der Waals surface area contributed by atoms with Crippen molar-refractivity contribution < 1.29 is 9.47 Å². The molecule has 2 aliphatic rings. The highest BCUT2D eigenvalue weighted by molar-refractivity contribution is 5.80. The van der Waals surface area contributed by atoms with Crippen LogP contribution in [0.15, 0.2) is 4.99 Å². The van der Waals surface area contributed by atoms with Crippen LogP contribution in [0, 0.1) is 0 Å². The van der Waals surface area contributed by atoms with E-state index in [1.54, 1.807) is 0 Å². The minimum atomic E-state index is 0.334. The molecule has 0 aromatic rings. The lowest BCUT2D eigenvalue weighted by atomic mass is 10.2. The zero-order valence-electron chi connectivity index (χ0n) is 12.8. The van der Waals surface area contributed by atoms with E-state index in [1.807, 2.05) is 0 Å². The first-order valence-corrected chi connectivity index (χ1v) is 8.12. The van der Waals surface area contributed by atoms with Crippen molar-refractivity contribution in [1.82, 2.24) is 10.2 Å². The molecule has 0 amide bonds. The number of guanidine groups is 1. The van der Waals surface area contributed by atoms with Crippen LogP contribution < -0.4 is 5.32 Å². The largest absolute Gasteiger partial charge is 0.379 e. The maximum Gasteiger partial charge on any atom is 0.193 e. The van der Waals surface area contributed by atoms with Gasteiger partial charge in [0.05, 0.1) is 12.7 Å². The van der Waals surface area contributed by atoms with Gasteiger partial charge in [0.1, 0.15) is 0 Å². The highest BCUT2D eigenvalue weighted by Crippen LogP contribution is 2.12. The molecule has 20 heavy (non-hydrogen) atoms. The fourth-order valence-corrected chi connectivity index (χ4v) is 2.70. The molecule has 5 nitrogen and oxygen atoms in total. The molecule has 0 aromatic heterocycles. The molecule has 2 saturated heterocycles. The summed E-state index contributed by atoms with van der Waals surface area (Å²) in [5, 5.41) is 3.38. The predicted octanol–water partition coefficient (Wildman–Crippen LogP) is 1.63. The van der Waals surface area contributed by atoms with Gasteiger partial charge in [-0.1, -0.05) is 0 Å². The second-order valence-corrected chi connectivity index (χ2v) is 5.49. The van der Waals surface area contributed by atoms with Gasteiger partial charge in [-0.15, -0.1) is 0 Å². The van der Waals surface area contributed by atoms with Crippen LogP contribution in [-0.2, 0) is 9.47 Å². The Hall–Kier alpha value is -0.810. The van der Waals surface area contributed by atoms with E-state index in [0.29, 0.717) is 6.10 Å². The van der Waals surface area contributed by atoms with Crippen molar-refractivity contribution in [3.05, 3.63) is 0 Å². The molecule has 0 saturated carbocycles. The normalized spacial score (nSPS) is 23.6. The van der Waals surface area contributed by atoms with Crippen LogP contribution >= 0.6 is 0 Å². The number of aliphatic imine (C=N–C) groups is 1.